The van der Waals surface area contributed by atoms with Gasteiger partial charge in [-0.15, -0.1) is 10.2 Å². The van der Waals surface area contributed by atoms with Crippen LogP contribution in [0.25, 0.3) is 11.4 Å². The molecule has 18 heavy (non-hydrogen) atoms. The van der Waals surface area contributed by atoms with Crippen LogP contribution in [-0.2, 0) is 13.1 Å². The van der Waals surface area contributed by atoms with Crippen LogP contribution in [0.15, 0.2) is 30.3 Å². The highest BCUT2D eigenvalue weighted by Crippen LogP contribution is 2.20. The Bertz CT molecular complexity index is 519. The molecular weight excluding hydrogens is 226 g/mol. The van der Waals surface area contributed by atoms with E-state index in [1.54, 1.807) is 0 Å². The second kappa shape index (κ2) is 4.88. The van der Waals surface area contributed by atoms with Crippen LogP contribution in [0.2, 0.25) is 0 Å². The summed E-state index contributed by atoms with van der Waals surface area (Å²) in [6.45, 7) is 4.42. The Morgan fingerprint density at radius 3 is 2.72 bits per heavy atom. The van der Waals surface area contributed by atoms with Gasteiger partial charge in [-0.1, -0.05) is 30.3 Å². The number of rotatable bonds is 3. The van der Waals surface area contributed by atoms with Gasteiger partial charge in [0.1, 0.15) is 5.82 Å². The van der Waals surface area contributed by atoms with E-state index in [-0.39, 0.29) is 0 Å². The maximum atomic E-state index is 5.59. The first-order valence-corrected chi connectivity index (χ1v) is 6.28. The minimum absolute atomic E-state index is 0.694. The molecule has 0 spiro atoms. The number of nitrogens with zero attached hydrogens (tertiary/aromatic N) is 4. The molecule has 94 valence electrons. The second-order valence-corrected chi connectivity index (χ2v) is 4.52. The van der Waals surface area contributed by atoms with Gasteiger partial charge in [0.15, 0.2) is 5.82 Å². The van der Waals surface area contributed by atoms with Crippen LogP contribution in [0, 0.1) is 0 Å². The van der Waals surface area contributed by atoms with Crippen molar-refractivity contribution in [1.29, 1.82) is 0 Å². The molecule has 2 aromatic rings. The van der Waals surface area contributed by atoms with E-state index in [1.165, 1.54) is 0 Å². The highest BCUT2D eigenvalue weighted by Gasteiger charge is 2.20. The van der Waals surface area contributed by atoms with Crippen molar-refractivity contribution in [2.75, 3.05) is 19.6 Å². The third-order valence-corrected chi connectivity index (χ3v) is 3.31. The first kappa shape index (κ1) is 11.4. The van der Waals surface area contributed by atoms with Crippen molar-refractivity contribution in [1.82, 2.24) is 19.7 Å². The van der Waals surface area contributed by atoms with Gasteiger partial charge in [0.25, 0.3) is 0 Å². The fraction of sp³-hybridized carbons (Fsp3) is 0.385. The Morgan fingerprint density at radius 2 is 1.94 bits per heavy atom. The molecule has 1 aromatic heterocycles. The summed E-state index contributed by atoms with van der Waals surface area (Å²) in [5, 5.41) is 8.61. The molecule has 0 bridgehead atoms. The number of nitrogens with two attached hydrogens (primary N) is 1. The third-order valence-electron chi connectivity index (χ3n) is 3.31. The first-order chi connectivity index (χ1) is 8.88. The second-order valence-electron chi connectivity index (χ2n) is 4.52. The first-order valence-electron chi connectivity index (χ1n) is 6.28. The Kier molecular flexibility index (Phi) is 3.08. The predicted molar refractivity (Wildman–Crippen MR) is 69.8 cm³/mol. The van der Waals surface area contributed by atoms with Gasteiger partial charge in [-0.25, -0.2) is 0 Å². The Balaban J connectivity index is 1.89. The molecule has 5 nitrogen and oxygen atoms in total. The molecule has 0 fully saturated rings. The molecule has 2 N–H and O–H groups in total. The van der Waals surface area contributed by atoms with E-state index in [2.05, 4.69) is 31.8 Å². The molecule has 3 rings (SSSR count). The number of benzene rings is 1. The molecule has 0 aliphatic carbocycles. The monoisotopic (exact) mass is 243 g/mol. The summed E-state index contributed by atoms with van der Waals surface area (Å²) in [6.07, 6.45) is 0. The maximum Gasteiger partial charge on any atom is 0.164 e. The fourth-order valence-electron chi connectivity index (χ4n) is 2.38. The summed E-state index contributed by atoms with van der Waals surface area (Å²) in [7, 11) is 0. The van der Waals surface area contributed by atoms with Crippen molar-refractivity contribution in [3.8, 4) is 11.4 Å². The minimum Gasteiger partial charge on any atom is -0.329 e. The Morgan fingerprint density at radius 1 is 1.11 bits per heavy atom. The molecular formula is C13H17N5. The van der Waals surface area contributed by atoms with E-state index in [9.17, 15) is 0 Å². The van der Waals surface area contributed by atoms with Gasteiger partial charge < -0.3 is 10.3 Å². The summed E-state index contributed by atoms with van der Waals surface area (Å²) >= 11 is 0. The lowest BCUT2D eigenvalue weighted by molar-refractivity contribution is 0.223. The zero-order valence-corrected chi connectivity index (χ0v) is 10.3. The largest absolute Gasteiger partial charge is 0.329 e. The summed E-state index contributed by atoms with van der Waals surface area (Å²) in [4.78, 5) is 2.32. The van der Waals surface area contributed by atoms with Crippen molar-refractivity contribution >= 4 is 0 Å². The summed E-state index contributed by atoms with van der Waals surface area (Å²) in [6, 6.07) is 10.2. The summed E-state index contributed by atoms with van der Waals surface area (Å²) in [5.41, 5.74) is 6.72. The molecule has 1 aromatic carbocycles. The fourth-order valence-corrected chi connectivity index (χ4v) is 2.38. The number of fused-ring (bicyclic) bond motifs is 1. The molecule has 1 aliphatic rings. The number of hydrogen-bond donors (Lipinski definition) is 1. The molecule has 1 aliphatic heterocycles. The van der Waals surface area contributed by atoms with E-state index < -0.39 is 0 Å². The van der Waals surface area contributed by atoms with Crippen molar-refractivity contribution in [2.45, 2.75) is 13.1 Å². The quantitative estimate of drug-likeness (QED) is 0.863. The SMILES string of the molecule is NCCN1CCn2c(nnc2-c2ccccc2)C1. The zero-order chi connectivity index (χ0) is 12.4. The summed E-state index contributed by atoms with van der Waals surface area (Å²) < 4.78 is 2.21. The lowest BCUT2D eigenvalue weighted by Crippen LogP contribution is -2.37. The van der Waals surface area contributed by atoms with E-state index >= 15 is 0 Å². The van der Waals surface area contributed by atoms with Crippen LogP contribution < -0.4 is 5.73 Å². The molecule has 0 saturated heterocycles. The van der Waals surface area contributed by atoms with E-state index in [0.717, 1.165) is 43.4 Å². The maximum absolute atomic E-state index is 5.59. The van der Waals surface area contributed by atoms with Crippen molar-refractivity contribution in [3.63, 3.8) is 0 Å². The lowest BCUT2D eigenvalue weighted by Gasteiger charge is -2.27. The van der Waals surface area contributed by atoms with Crippen LogP contribution >= 0.6 is 0 Å². The number of hydrogen-bond acceptors (Lipinski definition) is 4. The van der Waals surface area contributed by atoms with E-state index in [0.29, 0.717) is 6.54 Å². The molecule has 2 heterocycles. The Hall–Kier alpha value is -1.72. The molecule has 0 unspecified atom stereocenters. The zero-order valence-electron chi connectivity index (χ0n) is 10.3. The van der Waals surface area contributed by atoms with Gasteiger partial charge in [-0.05, 0) is 0 Å². The van der Waals surface area contributed by atoms with Crippen LogP contribution in [-0.4, -0.2) is 39.3 Å². The molecule has 0 amide bonds. The predicted octanol–water partition coefficient (Wildman–Crippen LogP) is 0.719. The highest BCUT2D eigenvalue weighted by atomic mass is 15.3. The normalized spacial score (nSPS) is 15.6. The van der Waals surface area contributed by atoms with Crippen LogP contribution in [0.1, 0.15) is 5.82 Å². The van der Waals surface area contributed by atoms with E-state index in [1.807, 2.05) is 18.2 Å². The van der Waals surface area contributed by atoms with Gasteiger partial charge >= 0.3 is 0 Å². The summed E-state index contributed by atoms with van der Waals surface area (Å²) in [5.74, 6) is 2.01. The molecule has 0 saturated carbocycles. The topological polar surface area (TPSA) is 60.0 Å². The average molecular weight is 243 g/mol. The van der Waals surface area contributed by atoms with Crippen molar-refractivity contribution in [2.24, 2.45) is 5.73 Å². The molecule has 0 atom stereocenters. The number of aromatic nitrogens is 3. The Labute approximate surface area is 106 Å². The van der Waals surface area contributed by atoms with Gasteiger partial charge in [-0.2, -0.15) is 0 Å². The van der Waals surface area contributed by atoms with Crippen molar-refractivity contribution in [3.05, 3.63) is 36.2 Å². The van der Waals surface area contributed by atoms with E-state index in [4.69, 9.17) is 5.73 Å². The molecule has 5 heteroatoms. The van der Waals surface area contributed by atoms with Gasteiger partial charge in [0.2, 0.25) is 0 Å². The minimum atomic E-state index is 0.694. The third kappa shape index (κ3) is 2.02. The van der Waals surface area contributed by atoms with Gasteiger partial charge in [-0.3, -0.25) is 4.90 Å². The smallest absolute Gasteiger partial charge is 0.164 e. The van der Waals surface area contributed by atoms with Crippen molar-refractivity contribution < 1.29 is 0 Å². The van der Waals surface area contributed by atoms with Gasteiger partial charge in [0, 0.05) is 31.7 Å². The highest BCUT2D eigenvalue weighted by molar-refractivity contribution is 5.55. The van der Waals surface area contributed by atoms with Crippen LogP contribution in [0.3, 0.4) is 0 Å². The van der Waals surface area contributed by atoms with Gasteiger partial charge in [0.05, 0.1) is 6.54 Å². The molecule has 0 radical (unpaired) electrons. The van der Waals surface area contributed by atoms with Crippen LogP contribution in [0.5, 0.6) is 0 Å². The van der Waals surface area contributed by atoms with Crippen LogP contribution in [0.4, 0.5) is 0 Å². The standard InChI is InChI=1S/C13H17N5/c14-6-7-17-8-9-18-12(10-17)15-16-13(18)11-4-2-1-3-5-11/h1-5H,6-10,14H2. The average Bonchev–Trinajstić information content (AvgIpc) is 2.83. The lowest BCUT2D eigenvalue weighted by atomic mass is 10.2.